The van der Waals surface area contributed by atoms with Gasteiger partial charge in [0, 0.05) is 19.0 Å². The van der Waals surface area contributed by atoms with Crippen LogP contribution in [0.4, 0.5) is 0 Å². The van der Waals surface area contributed by atoms with Gasteiger partial charge >= 0.3 is 0 Å². The zero-order valence-corrected chi connectivity index (χ0v) is 9.26. The number of piperidine rings is 1. The van der Waals surface area contributed by atoms with Crippen molar-refractivity contribution < 1.29 is 0 Å². The number of nitrogens with zero attached hydrogens (tertiary/aromatic N) is 1. The molecule has 0 aromatic heterocycles. The molecule has 2 nitrogen and oxygen atoms in total. The van der Waals surface area contributed by atoms with E-state index in [1.54, 1.807) is 0 Å². The Hall–Kier alpha value is -0.530. The van der Waals surface area contributed by atoms with Gasteiger partial charge in [0.15, 0.2) is 0 Å². The lowest BCUT2D eigenvalue weighted by molar-refractivity contribution is 0.224. The Morgan fingerprint density at radius 3 is 2.57 bits per heavy atom. The molecule has 0 aromatic carbocycles. The summed E-state index contributed by atoms with van der Waals surface area (Å²) in [6.45, 7) is 3.46. The van der Waals surface area contributed by atoms with Gasteiger partial charge in [-0.2, -0.15) is 0 Å². The van der Waals surface area contributed by atoms with E-state index in [9.17, 15) is 0 Å². The minimum atomic E-state index is 0.630. The third-order valence-corrected chi connectivity index (χ3v) is 3.98. The van der Waals surface area contributed by atoms with Gasteiger partial charge in [-0.1, -0.05) is 12.8 Å². The lowest BCUT2D eigenvalue weighted by Crippen LogP contribution is -2.44. The van der Waals surface area contributed by atoms with E-state index in [2.05, 4.69) is 11.8 Å². The Labute approximate surface area is 87.2 Å². The number of hydrogen-bond acceptors (Lipinski definition) is 1. The van der Waals surface area contributed by atoms with E-state index < -0.39 is 0 Å². The molecule has 80 valence electrons. The lowest BCUT2D eigenvalue weighted by Gasteiger charge is -2.37. The zero-order valence-electron chi connectivity index (χ0n) is 9.26. The minimum Gasteiger partial charge on any atom is -0.358 e. The first-order valence-electron chi connectivity index (χ1n) is 6.13. The summed E-state index contributed by atoms with van der Waals surface area (Å²) in [5, 5.41) is 7.97. The molecule has 14 heavy (non-hydrogen) atoms. The smallest absolute Gasteiger partial charge is 0.0960 e. The highest BCUT2D eigenvalue weighted by Crippen LogP contribution is 2.31. The summed E-state index contributed by atoms with van der Waals surface area (Å²) in [5.41, 5.74) is 0. The van der Waals surface area contributed by atoms with Crippen molar-refractivity contribution in [3.05, 3.63) is 0 Å². The van der Waals surface area contributed by atoms with Crippen molar-refractivity contribution in [3.63, 3.8) is 0 Å². The van der Waals surface area contributed by atoms with E-state index in [1.165, 1.54) is 38.5 Å². The van der Waals surface area contributed by atoms with Gasteiger partial charge in [-0.25, -0.2) is 0 Å². The maximum absolute atomic E-state index is 7.97. The van der Waals surface area contributed by atoms with Crippen molar-refractivity contribution in [2.75, 3.05) is 6.54 Å². The molecule has 1 atom stereocenters. The Bertz CT molecular complexity index is 206. The van der Waals surface area contributed by atoms with Crippen molar-refractivity contribution in [2.45, 2.75) is 57.9 Å². The summed E-state index contributed by atoms with van der Waals surface area (Å²) >= 11 is 0. The van der Waals surface area contributed by atoms with Gasteiger partial charge in [0.05, 0.1) is 5.84 Å². The van der Waals surface area contributed by atoms with Gasteiger partial charge in [0.1, 0.15) is 0 Å². The highest BCUT2D eigenvalue weighted by Gasteiger charge is 2.28. The first-order chi connectivity index (χ1) is 6.79. The van der Waals surface area contributed by atoms with Crippen LogP contribution in [0.3, 0.4) is 0 Å². The maximum Gasteiger partial charge on any atom is 0.0960 e. The molecule has 1 saturated heterocycles. The van der Waals surface area contributed by atoms with Gasteiger partial charge in [-0.15, -0.1) is 0 Å². The zero-order chi connectivity index (χ0) is 9.97. The standard InChI is InChI=1S/C12H22N2/c1-10(11-6-2-3-7-11)14-9-5-4-8-12(14)13/h10-11,13H,2-9H2,1H3. The summed E-state index contributed by atoms with van der Waals surface area (Å²) in [6, 6.07) is 0.630. The fourth-order valence-corrected chi connectivity index (χ4v) is 3.00. The fraction of sp³-hybridized carbons (Fsp3) is 0.917. The van der Waals surface area contributed by atoms with E-state index in [-0.39, 0.29) is 0 Å². The monoisotopic (exact) mass is 194 g/mol. The van der Waals surface area contributed by atoms with E-state index in [4.69, 9.17) is 5.41 Å². The van der Waals surface area contributed by atoms with Crippen LogP contribution in [0.15, 0.2) is 0 Å². The van der Waals surface area contributed by atoms with Gasteiger partial charge in [-0.05, 0) is 38.5 Å². The largest absolute Gasteiger partial charge is 0.358 e. The maximum atomic E-state index is 7.97. The molecule has 1 saturated carbocycles. The summed E-state index contributed by atoms with van der Waals surface area (Å²) in [4.78, 5) is 2.36. The molecule has 1 unspecified atom stereocenters. The molecule has 0 amide bonds. The molecule has 1 N–H and O–H groups in total. The second-order valence-corrected chi connectivity index (χ2v) is 4.88. The van der Waals surface area contributed by atoms with Crippen LogP contribution in [0.2, 0.25) is 0 Å². The molecule has 2 aliphatic rings. The van der Waals surface area contributed by atoms with Crippen LogP contribution in [0.1, 0.15) is 51.9 Å². The third kappa shape index (κ3) is 1.94. The molecule has 0 aromatic rings. The number of hydrogen-bond donors (Lipinski definition) is 1. The quantitative estimate of drug-likeness (QED) is 0.718. The Balaban J connectivity index is 1.94. The molecule has 0 radical (unpaired) electrons. The van der Waals surface area contributed by atoms with Crippen LogP contribution in [0.25, 0.3) is 0 Å². The first-order valence-corrected chi connectivity index (χ1v) is 6.13. The van der Waals surface area contributed by atoms with Crippen LogP contribution >= 0.6 is 0 Å². The van der Waals surface area contributed by atoms with Gasteiger partial charge in [0.25, 0.3) is 0 Å². The molecule has 1 heterocycles. The normalized spacial score (nSPS) is 26.9. The fourth-order valence-electron chi connectivity index (χ4n) is 3.00. The van der Waals surface area contributed by atoms with Crippen LogP contribution in [-0.4, -0.2) is 23.3 Å². The third-order valence-electron chi connectivity index (χ3n) is 3.98. The molecule has 1 aliphatic heterocycles. The number of nitrogens with one attached hydrogen (secondary N) is 1. The summed E-state index contributed by atoms with van der Waals surface area (Å²) in [6.07, 6.45) is 9.14. The van der Waals surface area contributed by atoms with Crippen molar-refractivity contribution in [3.8, 4) is 0 Å². The van der Waals surface area contributed by atoms with Crippen molar-refractivity contribution in [2.24, 2.45) is 5.92 Å². The highest BCUT2D eigenvalue weighted by atomic mass is 15.2. The lowest BCUT2D eigenvalue weighted by atomic mass is 9.96. The van der Waals surface area contributed by atoms with Crippen molar-refractivity contribution >= 4 is 5.84 Å². The molecule has 1 aliphatic carbocycles. The van der Waals surface area contributed by atoms with E-state index in [0.717, 1.165) is 24.7 Å². The number of likely N-dealkylation sites (tertiary alicyclic amines) is 1. The van der Waals surface area contributed by atoms with Crippen LogP contribution in [-0.2, 0) is 0 Å². The number of amidine groups is 1. The van der Waals surface area contributed by atoms with E-state index in [1.807, 2.05) is 0 Å². The molecule has 2 rings (SSSR count). The van der Waals surface area contributed by atoms with E-state index in [0.29, 0.717) is 6.04 Å². The number of rotatable bonds is 2. The van der Waals surface area contributed by atoms with Crippen molar-refractivity contribution in [1.29, 1.82) is 5.41 Å². The predicted molar refractivity (Wildman–Crippen MR) is 59.7 cm³/mol. The van der Waals surface area contributed by atoms with Gasteiger partial charge in [-0.3, -0.25) is 5.41 Å². The summed E-state index contributed by atoms with van der Waals surface area (Å²) in [7, 11) is 0. The van der Waals surface area contributed by atoms with Gasteiger partial charge < -0.3 is 4.90 Å². The molecule has 0 spiro atoms. The molecular weight excluding hydrogens is 172 g/mol. The summed E-state index contributed by atoms with van der Waals surface area (Å²) in [5.74, 6) is 1.77. The van der Waals surface area contributed by atoms with Gasteiger partial charge in [0.2, 0.25) is 0 Å². The van der Waals surface area contributed by atoms with E-state index >= 15 is 0 Å². The average molecular weight is 194 g/mol. The molecular formula is C12H22N2. The first kappa shape index (κ1) is 10.0. The van der Waals surface area contributed by atoms with Crippen molar-refractivity contribution in [1.82, 2.24) is 4.90 Å². The summed E-state index contributed by atoms with van der Waals surface area (Å²) < 4.78 is 0. The predicted octanol–water partition coefficient (Wildman–Crippen LogP) is 3.03. The Kier molecular flexibility index (Phi) is 3.09. The second-order valence-electron chi connectivity index (χ2n) is 4.88. The van der Waals surface area contributed by atoms with Crippen LogP contribution in [0.5, 0.6) is 0 Å². The molecule has 2 fully saturated rings. The molecule has 0 bridgehead atoms. The van der Waals surface area contributed by atoms with Crippen LogP contribution < -0.4 is 0 Å². The Morgan fingerprint density at radius 2 is 1.93 bits per heavy atom. The average Bonchev–Trinajstić information content (AvgIpc) is 2.70. The topological polar surface area (TPSA) is 27.1 Å². The SMILES string of the molecule is CC(C1CCCC1)N1CCCCC1=N. The van der Waals surface area contributed by atoms with Crippen LogP contribution in [0, 0.1) is 11.3 Å². The molecule has 2 heteroatoms. The highest BCUT2D eigenvalue weighted by molar-refractivity contribution is 5.80. The Morgan fingerprint density at radius 1 is 1.21 bits per heavy atom. The second kappa shape index (κ2) is 4.33. The minimum absolute atomic E-state index is 0.630.